The summed E-state index contributed by atoms with van der Waals surface area (Å²) in [5.41, 5.74) is 0.986. The van der Waals surface area contributed by atoms with Gasteiger partial charge in [0.2, 0.25) is 5.91 Å². The molecule has 0 atom stereocenters. The molecule has 0 aliphatic rings. The Morgan fingerprint density at radius 3 is 2.80 bits per heavy atom. The first-order valence-corrected chi connectivity index (χ1v) is 6.95. The van der Waals surface area contributed by atoms with Gasteiger partial charge in [0.1, 0.15) is 5.82 Å². The molecule has 2 aromatic rings. The van der Waals surface area contributed by atoms with E-state index in [4.69, 9.17) is 0 Å². The summed E-state index contributed by atoms with van der Waals surface area (Å²) in [6.45, 7) is 0.232. The lowest BCUT2D eigenvalue weighted by Gasteiger charge is -2.06. The molecule has 1 heterocycles. The van der Waals surface area contributed by atoms with Crippen LogP contribution in [0.5, 0.6) is 0 Å². The number of nitrogens with one attached hydrogen (secondary N) is 2. The largest absolute Gasteiger partial charge is 0.351 e. The molecule has 20 heavy (non-hydrogen) atoms. The zero-order chi connectivity index (χ0) is 14.4. The smallest absolute Gasteiger partial charge is 0.252 e. The second kappa shape index (κ2) is 6.81. The van der Waals surface area contributed by atoms with Crippen molar-refractivity contribution in [1.82, 2.24) is 5.32 Å². The lowest BCUT2D eigenvalue weighted by atomic mass is 10.3. The number of anilines is 1. The molecule has 104 valence electrons. The van der Waals surface area contributed by atoms with Crippen LogP contribution in [0.1, 0.15) is 16.8 Å². The van der Waals surface area contributed by atoms with Gasteiger partial charge in [0, 0.05) is 29.6 Å². The highest BCUT2D eigenvalue weighted by Gasteiger charge is 2.07. The van der Waals surface area contributed by atoms with Crippen LogP contribution in [0.4, 0.5) is 10.1 Å². The van der Waals surface area contributed by atoms with Gasteiger partial charge in [-0.2, -0.15) is 11.3 Å². The molecule has 4 nitrogen and oxygen atoms in total. The van der Waals surface area contributed by atoms with Gasteiger partial charge in [-0.25, -0.2) is 4.39 Å². The molecule has 1 aromatic heterocycles. The van der Waals surface area contributed by atoms with Crippen LogP contribution in [0.3, 0.4) is 0 Å². The Kier molecular flexibility index (Phi) is 4.84. The highest BCUT2D eigenvalue weighted by Crippen LogP contribution is 2.09. The molecular weight excluding hydrogens is 279 g/mol. The van der Waals surface area contributed by atoms with Crippen molar-refractivity contribution in [1.29, 1.82) is 0 Å². The molecule has 0 bridgehead atoms. The lowest BCUT2D eigenvalue weighted by Crippen LogP contribution is -2.27. The van der Waals surface area contributed by atoms with Gasteiger partial charge in [-0.05, 0) is 29.6 Å². The Bertz CT molecular complexity index is 599. The van der Waals surface area contributed by atoms with Crippen molar-refractivity contribution in [2.75, 3.05) is 11.9 Å². The average Bonchev–Trinajstić information content (AvgIpc) is 2.92. The van der Waals surface area contributed by atoms with E-state index in [1.807, 2.05) is 5.38 Å². The first kappa shape index (κ1) is 14.2. The van der Waals surface area contributed by atoms with Crippen molar-refractivity contribution in [2.24, 2.45) is 0 Å². The predicted octanol–water partition coefficient (Wildman–Crippen LogP) is 2.65. The van der Waals surface area contributed by atoms with Gasteiger partial charge in [-0.15, -0.1) is 0 Å². The minimum Gasteiger partial charge on any atom is -0.351 e. The topological polar surface area (TPSA) is 58.2 Å². The van der Waals surface area contributed by atoms with Crippen LogP contribution in [0.15, 0.2) is 41.1 Å². The Morgan fingerprint density at radius 2 is 2.10 bits per heavy atom. The Labute approximate surface area is 119 Å². The lowest BCUT2D eigenvalue weighted by molar-refractivity contribution is -0.116. The second-order valence-electron chi connectivity index (χ2n) is 4.08. The summed E-state index contributed by atoms with van der Waals surface area (Å²) in [5, 5.41) is 8.76. The average molecular weight is 292 g/mol. The summed E-state index contributed by atoms with van der Waals surface area (Å²) in [5.74, 6) is -0.889. The fourth-order valence-electron chi connectivity index (χ4n) is 1.58. The highest BCUT2D eigenvalue weighted by atomic mass is 32.1. The Morgan fingerprint density at radius 1 is 1.25 bits per heavy atom. The monoisotopic (exact) mass is 292 g/mol. The number of amides is 2. The SMILES string of the molecule is O=C(CCNC(=O)c1ccsc1)Nc1cccc(F)c1. The van der Waals surface area contributed by atoms with Crippen molar-refractivity contribution >= 4 is 28.8 Å². The summed E-state index contributed by atoms with van der Waals surface area (Å²) >= 11 is 1.44. The van der Waals surface area contributed by atoms with Gasteiger partial charge >= 0.3 is 0 Å². The van der Waals surface area contributed by atoms with Crippen LogP contribution in [0.2, 0.25) is 0 Å². The molecule has 0 fully saturated rings. The zero-order valence-corrected chi connectivity index (χ0v) is 11.4. The molecule has 0 unspecified atom stereocenters. The molecule has 2 amide bonds. The first-order valence-electron chi connectivity index (χ1n) is 6.01. The van der Waals surface area contributed by atoms with Crippen molar-refractivity contribution in [3.05, 3.63) is 52.5 Å². The number of hydrogen-bond donors (Lipinski definition) is 2. The predicted molar refractivity (Wildman–Crippen MR) is 76.3 cm³/mol. The summed E-state index contributed by atoms with van der Waals surface area (Å²) in [6, 6.07) is 7.37. The van der Waals surface area contributed by atoms with Gasteiger partial charge in [-0.1, -0.05) is 6.07 Å². The van der Waals surface area contributed by atoms with Gasteiger partial charge in [0.05, 0.1) is 0 Å². The normalized spacial score (nSPS) is 10.1. The maximum absolute atomic E-state index is 12.9. The van der Waals surface area contributed by atoms with Crippen molar-refractivity contribution in [2.45, 2.75) is 6.42 Å². The van der Waals surface area contributed by atoms with Gasteiger partial charge < -0.3 is 10.6 Å². The third-order valence-electron chi connectivity index (χ3n) is 2.53. The number of rotatable bonds is 5. The maximum Gasteiger partial charge on any atom is 0.252 e. The van der Waals surface area contributed by atoms with E-state index in [1.165, 1.54) is 29.5 Å². The fraction of sp³-hybridized carbons (Fsp3) is 0.143. The van der Waals surface area contributed by atoms with E-state index in [9.17, 15) is 14.0 Å². The van der Waals surface area contributed by atoms with Crippen molar-refractivity contribution in [3.8, 4) is 0 Å². The van der Waals surface area contributed by atoms with Crippen LogP contribution < -0.4 is 10.6 Å². The molecule has 6 heteroatoms. The van der Waals surface area contributed by atoms with E-state index in [0.29, 0.717) is 11.3 Å². The number of halogens is 1. The van der Waals surface area contributed by atoms with E-state index in [1.54, 1.807) is 17.5 Å². The number of thiophene rings is 1. The summed E-state index contributed by atoms with van der Waals surface area (Å²) in [6.07, 6.45) is 0.131. The number of carbonyl (C=O) groups is 2. The fourth-order valence-corrected chi connectivity index (χ4v) is 2.21. The van der Waals surface area contributed by atoms with Gasteiger partial charge in [0.25, 0.3) is 5.91 Å². The van der Waals surface area contributed by atoms with E-state index in [-0.39, 0.29) is 24.8 Å². The summed E-state index contributed by atoms with van der Waals surface area (Å²) < 4.78 is 12.9. The minimum atomic E-state index is -0.409. The maximum atomic E-state index is 12.9. The van der Waals surface area contributed by atoms with E-state index in [0.717, 1.165) is 0 Å². The molecule has 0 spiro atoms. The summed E-state index contributed by atoms with van der Waals surface area (Å²) in [7, 11) is 0. The summed E-state index contributed by atoms with van der Waals surface area (Å²) in [4.78, 5) is 23.2. The molecule has 2 N–H and O–H groups in total. The van der Waals surface area contributed by atoms with Gasteiger partial charge in [-0.3, -0.25) is 9.59 Å². The number of carbonyl (C=O) groups excluding carboxylic acids is 2. The van der Waals surface area contributed by atoms with E-state index in [2.05, 4.69) is 10.6 Å². The zero-order valence-electron chi connectivity index (χ0n) is 10.6. The molecule has 0 saturated heterocycles. The molecule has 1 aromatic carbocycles. The van der Waals surface area contributed by atoms with Crippen LogP contribution >= 0.6 is 11.3 Å². The molecular formula is C14H13FN2O2S. The standard InChI is InChI=1S/C14H13FN2O2S/c15-11-2-1-3-12(8-11)17-13(18)4-6-16-14(19)10-5-7-20-9-10/h1-3,5,7-9H,4,6H2,(H,16,19)(H,17,18). The van der Waals surface area contributed by atoms with Crippen molar-refractivity contribution in [3.63, 3.8) is 0 Å². The first-order chi connectivity index (χ1) is 9.65. The van der Waals surface area contributed by atoms with Crippen LogP contribution in [0.25, 0.3) is 0 Å². The third kappa shape index (κ3) is 4.17. The van der Waals surface area contributed by atoms with E-state index < -0.39 is 5.82 Å². The van der Waals surface area contributed by atoms with Gasteiger partial charge in [0.15, 0.2) is 0 Å². The Balaban J connectivity index is 1.74. The number of benzene rings is 1. The quantitative estimate of drug-likeness (QED) is 0.890. The van der Waals surface area contributed by atoms with E-state index >= 15 is 0 Å². The molecule has 0 saturated carbocycles. The van der Waals surface area contributed by atoms with Crippen molar-refractivity contribution < 1.29 is 14.0 Å². The third-order valence-corrected chi connectivity index (χ3v) is 3.21. The van der Waals surface area contributed by atoms with Crippen LogP contribution in [-0.4, -0.2) is 18.4 Å². The molecule has 0 aliphatic carbocycles. The Hall–Kier alpha value is -2.21. The molecule has 2 rings (SSSR count). The number of hydrogen-bond acceptors (Lipinski definition) is 3. The molecule has 0 radical (unpaired) electrons. The minimum absolute atomic E-state index is 0.131. The van der Waals surface area contributed by atoms with Crippen LogP contribution in [0, 0.1) is 5.82 Å². The molecule has 0 aliphatic heterocycles. The highest BCUT2D eigenvalue weighted by molar-refractivity contribution is 7.08. The van der Waals surface area contributed by atoms with Crippen LogP contribution in [-0.2, 0) is 4.79 Å². The second-order valence-corrected chi connectivity index (χ2v) is 4.86.